The minimum atomic E-state index is -4.53. The van der Waals surface area contributed by atoms with Crippen molar-refractivity contribution in [1.29, 1.82) is 0 Å². The molecule has 8 heteroatoms. The Morgan fingerprint density at radius 3 is 2.05 bits per heavy atom. The molecule has 0 radical (unpaired) electrons. The molecule has 0 spiro atoms. The fourth-order valence-electron chi connectivity index (χ4n) is 1.50. The number of rotatable bonds is 4. The average molecular weight is 279 g/mol. The number of nitrogens with zero attached hydrogens (tertiary/aromatic N) is 3. The van der Waals surface area contributed by atoms with E-state index in [1.165, 1.54) is 0 Å². The van der Waals surface area contributed by atoms with Gasteiger partial charge in [0.1, 0.15) is 18.4 Å². The van der Waals surface area contributed by atoms with Crippen LogP contribution in [0.1, 0.15) is 24.2 Å². The first-order valence-corrected chi connectivity index (χ1v) is 5.27. The fraction of sp³-hybridized carbons (Fsp3) is 0.455. The maximum Gasteiger partial charge on any atom is 0.416 e. The van der Waals surface area contributed by atoms with E-state index >= 15 is 0 Å². The summed E-state index contributed by atoms with van der Waals surface area (Å²) in [5.74, 6) is 0. The second-order valence-electron chi connectivity index (χ2n) is 3.89. The monoisotopic (exact) mass is 279 g/mol. The molecule has 0 bridgehead atoms. The van der Waals surface area contributed by atoms with E-state index in [1.807, 2.05) is 0 Å². The first kappa shape index (κ1) is 15.2. The van der Waals surface area contributed by atoms with E-state index in [0.29, 0.717) is 12.1 Å². The van der Waals surface area contributed by atoms with Crippen molar-refractivity contribution in [2.45, 2.75) is 31.5 Å². The molecule has 0 saturated heterocycles. The number of benzene rings is 1. The minimum absolute atomic E-state index is 0.171. The Bertz CT molecular complexity index is 462. The van der Waals surface area contributed by atoms with Gasteiger partial charge in [-0.25, -0.2) is 8.78 Å². The van der Waals surface area contributed by atoms with Gasteiger partial charge in [-0.15, -0.1) is 0 Å². The van der Waals surface area contributed by atoms with Crippen LogP contribution in [0.25, 0.3) is 10.4 Å². The molecule has 104 valence electrons. The minimum Gasteiger partial charge on any atom is -0.247 e. The molecule has 3 nitrogen and oxygen atoms in total. The fourth-order valence-corrected chi connectivity index (χ4v) is 1.50. The molecule has 1 aromatic carbocycles. The van der Waals surface area contributed by atoms with Gasteiger partial charge in [0.15, 0.2) is 0 Å². The SMILES string of the molecule is CC(F)[C@H](N=[N+]=[N-])[C@@H](F)c1ccc(C(F)(F)F)cc1. The van der Waals surface area contributed by atoms with Crippen molar-refractivity contribution in [3.05, 3.63) is 45.8 Å². The summed E-state index contributed by atoms with van der Waals surface area (Å²) < 4.78 is 63.9. The normalized spacial score (nSPS) is 16.3. The smallest absolute Gasteiger partial charge is 0.247 e. The zero-order valence-corrected chi connectivity index (χ0v) is 9.77. The number of alkyl halides is 5. The molecular formula is C11H10F5N3. The Labute approximate surface area is 105 Å². The molecule has 0 heterocycles. The summed E-state index contributed by atoms with van der Waals surface area (Å²) in [5, 5.41) is 2.98. The molecule has 0 fully saturated rings. The van der Waals surface area contributed by atoms with Gasteiger partial charge in [0, 0.05) is 4.91 Å². The summed E-state index contributed by atoms with van der Waals surface area (Å²) in [5.41, 5.74) is 7.10. The summed E-state index contributed by atoms with van der Waals surface area (Å²) in [4.78, 5) is 2.33. The molecule has 1 unspecified atom stereocenters. The average Bonchev–Trinajstić information content (AvgIpc) is 2.34. The number of halogens is 5. The van der Waals surface area contributed by atoms with Crippen molar-refractivity contribution in [2.75, 3.05) is 0 Å². The van der Waals surface area contributed by atoms with E-state index < -0.39 is 30.1 Å². The van der Waals surface area contributed by atoms with Gasteiger partial charge in [0.2, 0.25) is 0 Å². The summed E-state index contributed by atoms with van der Waals surface area (Å²) in [6.07, 6.45) is -8.28. The van der Waals surface area contributed by atoms with Crippen LogP contribution in [-0.4, -0.2) is 12.2 Å². The maximum atomic E-state index is 13.9. The molecule has 19 heavy (non-hydrogen) atoms. The van der Waals surface area contributed by atoms with E-state index in [-0.39, 0.29) is 5.56 Å². The van der Waals surface area contributed by atoms with E-state index in [2.05, 4.69) is 10.0 Å². The zero-order chi connectivity index (χ0) is 14.6. The third-order valence-electron chi connectivity index (χ3n) is 2.51. The van der Waals surface area contributed by atoms with E-state index in [1.54, 1.807) is 0 Å². The van der Waals surface area contributed by atoms with Crippen molar-refractivity contribution in [3.8, 4) is 0 Å². The predicted molar refractivity (Wildman–Crippen MR) is 58.8 cm³/mol. The largest absolute Gasteiger partial charge is 0.416 e. The highest BCUT2D eigenvalue weighted by atomic mass is 19.4. The van der Waals surface area contributed by atoms with Crippen LogP contribution in [-0.2, 0) is 6.18 Å². The Morgan fingerprint density at radius 2 is 1.68 bits per heavy atom. The van der Waals surface area contributed by atoms with E-state index in [4.69, 9.17) is 5.53 Å². The molecule has 0 aliphatic rings. The summed E-state index contributed by atoms with van der Waals surface area (Å²) >= 11 is 0. The van der Waals surface area contributed by atoms with Gasteiger partial charge in [0.25, 0.3) is 0 Å². The molecule has 0 aliphatic carbocycles. The third-order valence-corrected chi connectivity index (χ3v) is 2.51. The summed E-state index contributed by atoms with van der Waals surface area (Å²) in [6.45, 7) is 1.01. The number of hydrogen-bond donors (Lipinski definition) is 0. The van der Waals surface area contributed by atoms with Gasteiger partial charge in [-0.05, 0) is 30.2 Å². The zero-order valence-electron chi connectivity index (χ0n) is 9.77. The Kier molecular flexibility index (Phi) is 4.72. The maximum absolute atomic E-state index is 13.9. The lowest BCUT2D eigenvalue weighted by Crippen LogP contribution is -2.22. The molecule has 0 N–H and O–H groups in total. The van der Waals surface area contributed by atoms with Gasteiger partial charge in [-0.2, -0.15) is 13.2 Å². The third kappa shape index (κ3) is 3.82. The standard InChI is InChI=1S/C11H10F5N3/c1-6(12)10(18-19-17)9(13)7-2-4-8(5-3-7)11(14,15)16/h2-6,9-10H,1H3/t6?,9-,10-/m0/s1. The first-order valence-electron chi connectivity index (χ1n) is 5.27. The van der Waals surface area contributed by atoms with Crippen LogP contribution in [0.2, 0.25) is 0 Å². The molecule has 0 aromatic heterocycles. The predicted octanol–water partition coefficient (Wildman–Crippen LogP) is 4.75. The lowest BCUT2D eigenvalue weighted by molar-refractivity contribution is -0.137. The second-order valence-corrected chi connectivity index (χ2v) is 3.89. The van der Waals surface area contributed by atoms with Crippen LogP contribution < -0.4 is 0 Å². The lowest BCUT2D eigenvalue weighted by atomic mass is 10.00. The van der Waals surface area contributed by atoms with E-state index in [9.17, 15) is 22.0 Å². The Morgan fingerprint density at radius 1 is 1.16 bits per heavy atom. The van der Waals surface area contributed by atoms with Crippen LogP contribution in [0.5, 0.6) is 0 Å². The molecule has 0 amide bonds. The van der Waals surface area contributed by atoms with Crippen molar-refractivity contribution in [1.82, 2.24) is 0 Å². The molecule has 0 aliphatic heterocycles. The van der Waals surface area contributed by atoms with Crippen LogP contribution in [0, 0.1) is 0 Å². The number of hydrogen-bond acceptors (Lipinski definition) is 1. The highest BCUT2D eigenvalue weighted by molar-refractivity contribution is 5.27. The van der Waals surface area contributed by atoms with E-state index in [0.717, 1.165) is 19.1 Å². The molecule has 1 aromatic rings. The van der Waals surface area contributed by atoms with Gasteiger partial charge in [-0.3, -0.25) is 0 Å². The van der Waals surface area contributed by atoms with Crippen molar-refractivity contribution in [2.24, 2.45) is 5.11 Å². The second kappa shape index (κ2) is 5.88. The topological polar surface area (TPSA) is 48.8 Å². The van der Waals surface area contributed by atoms with Crippen molar-refractivity contribution in [3.63, 3.8) is 0 Å². The number of azide groups is 1. The Balaban J connectivity index is 3.00. The summed E-state index contributed by atoms with van der Waals surface area (Å²) in [6, 6.07) is 1.57. The van der Waals surface area contributed by atoms with Crippen LogP contribution in [0.15, 0.2) is 29.4 Å². The lowest BCUT2D eigenvalue weighted by Gasteiger charge is -2.18. The summed E-state index contributed by atoms with van der Waals surface area (Å²) in [7, 11) is 0. The van der Waals surface area contributed by atoms with Crippen molar-refractivity contribution < 1.29 is 22.0 Å². The molecule has 1 rings (SSSR count). The van der Waals surface area contributed by atoms with Crippen LogP contribution in [0.3, 0.4) is 0 Å². The van der Waals surface area contributed by atoms with Crippen molar-refractivity contribution >= 4 is 0 Å². The van der Waals surface area contributed by atoms with Crippen LogP contribution >= 0.6 is 0 Å². The molecular weight excluding hydrogens is 269 g/mol. The Hall–Kier alpha value is -1.82. The van der Waals surface area contributed by atoms with Gasteiger partial charge in [-0.1, -0.05) is 17.2 Å². The van der Waals surface area contributed by atoms with Crippen LogP contribution in [0.4, 0.5) is 22.0 Å². The first-order chi connectivity index (χ1) is 8.77. The highest BCUT2D eigenvalue weighted by Gasteiger charge is 2.32. The van der Waals surface area contributed by atoms with Gasteiger partial charge < -0.3 is 0 Å². The highest BCUT2D eigenvalue weighted by Crippen LogP contribution is 2.32. The van der Waals surface area contributed by atoms with Gasteiger partial charge >= 0.3 is 6.18 Å². The quantitative estimate of drug-likeness (QED) is 0.330. The molecule has 0 saturated carbocycles. The molecule has 3 atom stereocenters. The van der Waals surface area contributed by atoms with Gasteiger partial charge in [0.05, 0.1) is 5.56 Å².